The Morgan fingerprint density at radius 1 is 1.30 bits per heavy atom. The van der Waals surface area contributed by atoms with Crippen LogP contribution in [0, 0.1) is 6.92 Å². The van der Waals surface area contributed by atoms with Crippen molar-refractivity contribution in [1.82, 2.24) is 15.3 Å². The number of rotatable bonds is 6. The van der Waals surface area contributed by atoms with Crippen molar-refractivity contribution in [3.63, 3.8) is 0 Å². The Hall–Kier alpha value is -2.28. The number of thioether (sulfide) groups is 1. The van der Waals surface area contributed by atoms with Crippen LogP contribution in [0.25, 0.3) is 0 Å². The van der Waals surface area contributed by atoms with Crippen LogP contribution in [0.2, 0.25) is 0 Å². The normalized spacial score (nSPS) is 10.3. The van der Waals surface area contributed by atoms with Gasteiger partial charge in [-0.2, -0.15) is 0 Å². The van der Waals surface area contributed by atoms with Crippen LogP contribution in [-0.2, 0) is 6.54 Å². The van der Waals surface area contributed by atoms with Gasteiger partial charge in [-0.05, 0) is 31.4 Å². The third-order valence-corrected chi connectivity index (χ3v) is 3.87. The summed E-state index contributed by atoms with van der Waals surface area (Å²) < 4.78 is 10.5. The van der Waals surface area contributed by atoms with Crippen molar-refractivity contribution in [2.75, 3.05) is 20.5 Å². The Balaban J connectivity index is 2.13. The van der Waals surface area contributed by atoms with Crippen LogP contribution in [0.3, 0.4) is 0 Å². The fourth-order valence-corrected chi connectivity index (χ4v) is 2.44. The zero-order chi connectivity index (χ0) is 16.8. The lowest BCUT2D eigenvalue weighted by atomic mass is 10.1. The molecule has 0 aliphatic heterocycles. The van der Waals surface area contributed by atoms with Crippen LogP contribution < -0.4 is 14.8 Å². The van der Waals surface area contributed by atoms with E-state index >= 15 is 0 Å². The SMILES string of the molecule is COc1ccc(OC)c(CNC(=O)c2cnc(SC)nc2C)c1. The number of benzene rings is 1. The fourth-order valence-electron chi connectivity index (χ4n) is 2.06. The van der Waals surface area contributed by atoms with E-state index in [1.165, 1.54) is 11.8 Å². The molecular weight excluding hydrogens is 314 g/mol. The van der Waals surface area contributed by atoms with E-state index < -0.39 is 0 Å². The minimum Gasteiger partial charge on any atom is -0.497 e. The monoisotopic (exact) mass is 333 g/mol. The first kappa shape index (κ1) is 17.1. The predicted molar refractivity (Wildman–Crippen MR) is 89.3 cm³/mol. The Morgan fingerprint density at radius 3 is 2.70 bits per heavy atom. The molecule has 2 aromatic rings. The van der Waals surface area contributed by atoms with Gasteiger partial charge in [-0.25, -0.2) is 9.97 Å². The average Bonchev–Trinajstić information content (AvgIpc) is 2.59. The zero-order valence-corrected chi connectivity index (χ0v) is 14.4. The van der Waals surface area contributed by atoms with Crippen LogP contribution in [0.1, 0.15) is 21.6 Å². The Morgan fingerprint density at radius 2 is 2.09 bits per heavy atom. The highest BCUT2D eigenvalue weighted by atomic mass is 32.2. The minimum atomic E-state index is -0.222. The van der Waals surface area contributed by atoms with Crippen LogP contribution in [-0.4, -0.2) is 36.4 Å². The van der Waals surface area contributed by atoms with Gasteiger partial charge in [0.25, 0.3) is 5.91 Å². The van der Waals surface area contributed by atoms with Crippen LogP contribution in [0.15, 0.2) is 29.6 Å². The van der Waals surface area contributed by atoms with Gasteiger partial charge in [0, 0.05) is 18.3 Å². The summed E-state index contributed by atoms with van der Waals surface area (Å²) in [4.78, 5) is 20.7. The van der Waals surface area contributed by atoms with Crippen molar-refractivity contribution in [3.05, 3.63) is 41.2 Å². The largest absolute Gasteiger partial charge is 0.497 e. The molecule has 7 heteroatoms. The zero-order valence-electron chi connectivity index (χ0n) is 13.5. The first-order valence-electron chi connectivity index (χ1n) is 6.95. The van der Waals surface area contributed by atoms with Gasteiger partial charge in [0.1, 0.15) is 11.5 Å². The second-order valence-electron chi connectivity index (χ2n) is 4.72. The van der Waals surface area contributed by atoms with E-state index in [0.717, 1.165) is 5.56 Å². The Bertz CT molecular complexity index is 707. The van der Waals surface area contributed by atoms with Crippen molar-refractivity contribution >= 4 is 17.7 Å². The molecule has 0 aliphatic carbocycles. The number of carbonyl (C=O) groups excluding carboxylic acids is 1. The van der Waals surface area contributed by atoms with E-state index in [1.54, 1.807) is 27.3 Å². The van der Waals surface area contributed by atoms with Crippen molar-refractivity contribution in [2.24, 2.45) is 0 Å². The molecule has 0 atom stereocenters. The standard InChI is InChI=1S/C16H19N3O3S/c1-10-13(9-18-16(19-10)23-4)15(20)17-8-11-7-12(21-2)5-6-14(11)22-3/h5-7,9H,8H2,1-4H3,(H,17,20). The molecule has 1 heterocycles. The summed E-state index contributed by atoms with van der Waals surface area (Å²) in [5.74, 6) is 1.18. The van der Waals surface area contributed by atoms with E-state index in [1.807, 2.05) is 24.5 Å². The summed E-state index contributed by atoms with van der Waals surface area (Å²) >= 11 is 1.44. The molecule has 0 unspecified atom stereocenters. The molecule has 0 saturated carbocycles. The van der Waals surface area contributed by atoms with Crippen LogP contribution in [0.4, 0.5) is 0 Å². The Kier molecular flexibility index (Phi) is 5.81. The second kappa shape index (κ2) is 7.82. The molecule has 0 aliphatic rings. The summed E-state index contributed by atoms with van der Waals surface area (Å²) in [5, 5.41) is 3.51. The maximum Gasteiger partial charge on any atom is 0.254 e. The molecule has 6 nitrogen and oxygen atoms in total. The molecule has 1 N–H and O–H groups in total. The summed E-state index contributed by atoms with van der Waals surface area (Å²) in [6.45, 7) is 2.12. The number of nitrogens with zero attached hydrogens (tertiary/aromatic N) is 2. The number of amides is 1. The number of hydrogen-bond acceptors (Lipinski definition) is 6. The number of nitrogens with one attached hydrogen (secondary N) is 1. The van der Waals surface area contributed by atoms with Gasteiger partial charge in [-0.3, -0.25) is 4.79 Å². The Labute approximate surface area is 139 Å². The molecule has 1 amide bonds. The minimum absolute atomic E-state index is 0.222. The maximum absolute atomic E-state index is 12.3. The summed E-state index contributed by atoms with van der Waals surface area (Å²) in [5.41, 5.74) is 1.95. The molecule has 122 valence electrons. The van der Waals surface area contributed by atoms with Gasteiger partial charge in [-0.1, -0.05) is 11.8 Å². The van der Waals surface area contributed by atoms with Crippen LogP contribution >= 0.6 is 11.8 Å². The molecule has 1 aromatic heterocycles. The molecule has 0 radical (unpaired) electrons. The van der Waals surface area contributed by atoms with Crippen LogP contribution in [0.5, 0.6) is 11.5 Å². The van der Waals surface area contributed by atoms with Crippen molar-refractivity contribution in [1.29, 1.82) is 0 Å². The summed E-state index contributed by atoms with van der Waals surface area (Å²) in [6.07, 6.45) is 3.44. The lowest BCUT2D eigenvalue weighted by Crippen LogP contribution is -2.24. The molecular formula is C16H19N3O3S. The third kappa shape index (κ3) is 4.13. The van der Waals surface area contributed by atoms with Gasteiger partial charge in [0.05, 0.1) is 25.5 Å². The quantitative estimate of drug-likeness (QED) is 0.647. The molecule has 0 saturated heterocycles. The van der Waals surface area contributed by atoms with Gasteiger partial charge in [0.15, 0.2) is 5.16 Å². The van der Waals surface area contributed by atoms with E-state index in [-0.39, 0.29) is 5.91 Å². The van der Waals surface area contributed by atoms with Gasteiger partial charge in [-0.15, -0.1) is 0 Å². The average molecular weight is 333 g/mol. The van der Waals surface area contributed by atoms with E-state index in [4.69, 9.17) is 9.47 Å². The lowest BCUT2D eigenvalue weighted by Gasteiger charge is -2.12. The second-order valence-corrected chi connectivity index (χ2v) is 5.49. The number of ether oxygens (including phenoxy) is 2. The lowest BCUT2D eigenvalue weighted by molar-refractivity contribution is 0.0949. The predicted octanol–water partition coefficient (Wildman–Crippen LogP) is 2.45. The highest BCUT2D eigenvalue weighted by Crippen LogP contribution is 2.23. The first-order valence-corrected chi connectivity index (χ1v) is 8.18. The van der Waals surface area contributed by atoms with Crippen molar-refractivity contribution < 1.29 is 14.3 Å². The van der Waals surface area contributed by atoms with E-state index in [9.17, 15) is 4.79 Å². The molecule has 23 heavy (non-hydrogen) atoms. The fraction of sp³-hybridized carbons (Fsp3) is 0.312. The van der Waals surface area contributed by atoms with Gasteiger partial charge in [0.2, 0.25) is 0 Å². The smallest absolute Gasteiger partial charge is 0.254 e. The topological polar surface area (TPSA) is 73.3 Å². The summed E-state index contributed by atoms with van der Waals surface area (Å²) in [7, 11) is 3.18. The van der Waals surface area contributed by atoms with E-state index in [0.29, 0.717) is 34.5 Å². The van der Waals surface area contributed by atoms with Gasteiger partial charge >= 0.3 is 0 Å². The van der Waals surface area contributed by atoms with Crippen molar-refractivity contribution in [2.45, 2.75) is 18.6 Å². The van der Waals surface area contributed by atoms with Gasteiger partial charge < -0.3 is 14.8 Å². The maximum atomic E-state index is 12.3. The number of aromatic nitrogens is 2. The molecule has 2 rings (SSSR count). The van der Waals surface area contributed by atoms with Crippen molar-refractivity contribution in [3.8, 4) is 11.5 Å². The number of hydrogen-bond donors (Lipinski definition) is 1. The number of carbonyl (C=O) groups is 1. The summed E-state index contributed by atoms with van der Waals surface area (Å²) in [6, 6.07) is 5.45. The molecule has 0 bridgehead atoms. The number of aryl methyl sites for hydroxylation is 1. The molecule has 0 fully saturated rings. The molecule has 1 aromatic carbocycles. The molecule has 0 spiro atoms. The highest BCUT2D eigenvalue weighted by Gasteiger charge is 2.13. The third-order valence-electron chi connectivity index (χ3n) is 3.31. The number of methoxy groups -OCH3 is 2. The first-order chi connectivity index (χ1) is 11.1. The highest BCUT2D eigenvalue weighted by molar-refractivity contribution is 7.98. The van der Waals surface area contributed by atoms with E-state index in [2.05, 4.69) is 15.3 Å².